The highest BCUT2D eigenvalue weighted by Gasteiger charge is 2.38. The Bertz CT molecular complexity index is 2210. The highest BCUT2D eigenvalue weighted by Crippen LogP contribution is 2.52. The zero-order chi connectivity index (χ0) is 37.2. The molecule has 0 N–H and O–H groups in total. The van der Waals surface area contributed by atoms with Crippen LogP contribution in [0.1, 0.15) is 22.3 Å². The molecular formula is C44H36N4O4S. The Morgan fingerprint density at radius 1 is 0.415 bits per heavy atom. The normalized spacial score (nSPS) is 10.9. The van der Waals surface area contributed by atoms with E-state index in [4.69, 9.17) is 0 Å². The van der Waals surface area contributed by atoms with Crippen LogP contribution < -0.4 is 9.80 Å². The summed E-state index contributed by atoms with van der Waals surface area (Å²) >= 11 is 1.06. The fourth-order valence-corrected chi connectivity index (χ4v) is 7.88. The number of thiophene rings is 1. The Hall–Kier alpha value is -6.58. The van der Waals surface area contributed by atoms with Gasteiger partial charge in [-0.15, -0.1) is 11.3 Å². The van der Waals surface area contributed by atoms with Gasteiger partial charge in [0.05, 0.1) is 9.85 Å². The lowest BCUT2D eigenvalue weighted by molar-refractivity contribution is -0.420. The molecule has 8 nitrogen and oxygen atoms in total. The predicted molar refractivity (Wildman–Crippen MR) is 217 cm³/mol. The summed E-state index contributed by atoms with van der Waals surface area (Å²) in [4.78, 5) is 28.6. The van der Waals surface area contributed by atoms with Crippen LogP contribution in [0.5, 0.6) is 0 Å². The van der Waals surface area contributed by atoms with Gasteiger partial charge < -0.3 is 9.80 Å². The lowest BCUT2D eigenvalue weighted by atomic mass is 10.1. The van der Waals surface area contributed by atoms with E-state index in [1.807, 2.05) is 125 Å². The molecule has 0 saturated heterocycles. The molecule has 7 rings (SSSR count). The summed E-state index contributed by atoms with van der Waals surface area (Å²) in [6.45, 7) is 8.16. The van der Waals surface area contributed by atoms with Crippen molar-refractivity contribution in [2.45, 2.75) is 27.7 Å². The Labute approximate surface area is 312 Å². The van der Waals surface area contributed by atoms with Crippen LogP contribution in [0.2, 0.25) is 0 Å². The van der Waals surface area contributed by atoms with Gasteiger partial charge in [0.15, 0.2) is 0 Å². The van der Waals surface area contributed by atoms with Gasteiger partial charge in [0.2, 0.25) is 0 Å². The molecule has 1 aromatic heterocycles. The quantitative estimate of drug-likeness (QED) is 0.103. The average Bonchev–Trinajstić information content (AvgIpc) is 3.55. The minimum atomic E-state index is -0.640. The van der Waals surface area contributed by atoms with E-state index in [0.29, 0.717) is 11.1 Å². The summed E-state index contributed by atoms with van der Waals surface area (Å²) in [6.07, 6.45) is 0. The molecule has 0 aliphatic rings. The van der Waals surface area contributed by atoms with Gasteiger partial charge in [-0.3, -0.25) is 20.2 Å². The van der Waals surface area contributed by atoms with Crippen LogP contribution >= 0.6 is 11.3 Å². The van der Waals surface area contributed by atoms with E-state index in [0.717, 1.165) is 67.7 Å². The lowest BCUT2D eigenvalue weighted by Crippen LogP contribution is -2.10. The number of anilines is 6. The highest BCUT2D eigenvalue weighted by atomic mass is 32.1. The first-order valence-corrected chi connectivity index (χ1v) is 17.9. The average molecular weight is 717 g/mol. The third kappa shape index (κ3) is 7.15. The van der Waals surface area contributed by atoms with E-state index in [1.54, 1.807) is 24.3 Å². The van der Waals surface area contributed by atoms with Crippen LogP contribution in [-0.2, 0) is 0 Å². The van der Waals surface area contributed by atoms with Crippen molar-refractivity contribution < 1.29 is 9.85 Å². The molecular weight excluding hydrogens is 681 g/mol. The number of nitrogens with zero attached hydrogens (tertiary/aromatic N) is 4. The Morgan fingerprint density at radius 2 is 0.698 bits per heavy atom. The monoisotopic (exact) mass is 716 g/mol. The summed E-state index contributed by atoms with van der Waals surface area (Å²) in [5.74, 6) is 0. The fourth-order valence-electron chi connectivity index (χ4n) is 6.63. The summed E-state index contributed by atoms with van der Waals surface area (Å²) < 4.78 is 0. The molecule has 0 aliphatic heterocycles. The number of hydrogen-bond acceptors (Lipinski definition) is 7. The largest absolute Gasteiger partial charge is 0.365 e. The van der Waals surface area contributed by atoms with Crippen LogP contribution in [0.25, 0.3) is 20.9 Å². The molecule has 0 bridgehead atoms. The molecule has 1 heterocycles. The maximum Gasteiger partial charge on any atom is 0.365 e. The van der Waals surface area contributed by atoms with Crippen molar-refractivity contribution in [1.82, 2.24) is 0 Å². The number of nitro groups is 2. The van der Waals surface area contributed by atoms with Crippen LogP contribution in [0.4, 0.5) is 45.5 Å². The first-order valence-electron chi connectivity index (χ1n) is 17.1. The van der Waals surface area contributed by atoms with Crippen LogP contribution in [0, 0.1) is 47.9 Å². The van der Waals surface area contributed by atoms with E-state index in [1.165, 1.54) is 0 Å². The molecule has 0 atom stereocenters. The SMILES string of the molecule is Cc1cccc(N(c2ccc(-c3sc(-c4ccc(N(c5cccc(C)c5)c5cccc(C)c5)cc4)c([N+](=O)[O-])c3[N+](=O)[O-])cc2)c2cccc(C)c2)c1. The van der Waals surface area contributed by atoms with Gasteiger partial charge in [0, 0.05) is 34.1 Å². The third-order valence-electron chi connectivity index (χ3n) is 9.04. The number of rotatable bonds is 10. The van der Waals surface area contributed by atoms with Crippen molar-refractivity contribution in [2.24, 2.45) is 0 Å². The first-order chi connectivity index (χ1) is 25.6. The van der Waals surface area contributed by atoms with Gasteiger partial charge in [-0.1, -0.05) is 72.8 Å². The van der Waals surface area contributed by atoms with Gasteiger partial charge in [-0.25, -0.2) is 0 Å². The molecule has 262 valence electrons. The Morgan fingerprint density at radius 3 is 0.943 bits per heavy atom. The lowest BCUT2D eigenvalue weighted by Gasteiger charge is -2.26. The molecule has 0 radical (unpaired) electrons. The van der Waals surface area contributed by atoms with Gasteiger partial charge in [-0.05, 0) is 134 Å². The van der Waals surface area contributed by atoms with Gasteiger partial charge in [0.1, 0.15) is 9.75 Å². The van der Waals surface area contributed by atoms with Gasteiger partial charge in [-0.2, -0.15) is 0 Å². The smallest absolute Gasteiger partial charge is 0.310 e. The molecule has 0 fully saturated rings. The second kappa shape index (κ2) is 14.6. The number of hydrogen-bond donors (Lipinski definition) is 0. The zero-order valence-electron chi connectivity index (χ0n) is 29.7. The Kier molecular flexibility index (Phi) is 9.58. The summed E-state index contributed by atoms with van der Waals surface area (Å²) in [5.41, 5.74) is 10.0. The minimum Gasteiger partial charge on any atom is -0.310 e. The van der Waals surface area contributed by atoms with Crippen molar-refractivity contribution in [1.29, 1.82) is 0 Å². The van der Waals surface area contributed by atoms with Crippen molar-refractivity contribution in [3.63, 3.8) is 0 Å². The second-order valence-corrected chi connectivity index (χ2v) is 14.1. The molecule has 0 saturated carbocycles. The predicted octanol–water partition coefficient (Wildman–Crippen LogP) is 13.1. The van der Waals surface area contributed by atoms with E-state index in [-0.39, 0.29) is 9.75 Å². The van der Waals surface area contributed by atoms with Crippen molar-refractivity contribution in [2.75, 3.05) is 9.80 Å². The van der Waals surface area contributed by atoms with E-state index in [2.05, 4.69) is 34.1 Å². The van der Waals surface area contributed by atoms with Crippen LogP contribution in [0.15, 0.2) is 146 Å². The van der Waals surface area contributed by atoms with Gasteiger partial charge in [0.25, 0.3) is 0 Å². The van der Waals surface area contributed by atoms with E-state index < -0.39 is 21.2 Å². The number of benzene rings is 6. The maximum absolute atomic E-state index is 12.6. The van der Waals surface area contributed by atoms with E-state index >= 15 is 0 Å². The topological polar surface area (TPSA) is 92.8 Å². The van der Waals surface area contributed by atoms with Crippen molar-refractivity contribution in [3.8, 4) is 20.9 Å². The molecule has 53 heavy (non-hydrogen) atoms. The highest BCUT2D eigenvalue weighted by molar-refractivity contribution is 7.20. The van der Waals surface area contributed by atoms with Gasteiger partial charge >= 0.3 is 11.4 Å². The maximum atomic E-state index is 12.6. The molecule has 0 amide bonds. The molecule has 0 spiro atoms. The summed E-state index contributed by atoms with van der Waals surface area (Å²) in [6, 6.07) is 47.5. The first kappa shape index (κ1) is 34.9. The zero-order valence-corrected chi connectivity index (χ0v) is 30.5. The standard InChI is InChI=1S/C44H36N4O4S/c1-29-9-5-13-37(25-29)45(38-14-6-10-30(2)26-38)35-21-17-33(18-22-35)43-41(47(49)50)42(48(51)52)44(53-43)34-19-23-36(24-20-34)46(39-15-7-11-31(3)27-39)40-16-8-12-32(4)28-40/h5-28H,1-4H3. The Balaban J connectivity index is 1.30. The van der Waals surface area contributed by atoms with E-state index in [9.17, 15) is 20.2 Å². The molecule has 9 heteroatoms. The number of aryl methyl sites for hydroxylation is 4. The van der Waals surface area contributed by atoms with Crippen LogP contribution in [-0.4, -0.2) is 9.85 Å². The molecule has 0 aliphatic carbocycles. The molecule has 0 unspecified atom stereocenters. The van der Waals surface area contributed by atoms with Crippen molar-refractivity contribution in [3.05, 3.63) is 188 Å². The summed E-state index contributed by atoms with van der Waals surface area (Å²) in [7, 11) is 0. The molecule has 6 aromatic carbocycles. The summed E-state index contributed by atoms with van der Waals surface area (Å²) in [5, 5.41) is 25.2. The minimum absolute atomic E-state index is 0.228. The fraction of sp³-hybridized carbons (Fsp3) is 0.0909. The second-order valence-electron chi connectivity index (χ2n) is 13.1. The van der Waals surface area contributed by atoms with Crippen LogP contribution in [0.3, 0.4) is 0 Å². The molecule has 7 aromatic rings. The van der Waals surface area contributed by atoms with Crippen molar-refractivity contribution >= 4 is 56.8 Å². The third-order valence-corrected chi connectivity index (χ3v) is 10.3.